The molecule has 3 aromatic carbocycles. The summed E-state index contributed by atoms with van der Waals surface area (Å²) in [5.41, 5.74) is 4.02. The summed E-state index contributed by atoms with van der Waals surface area (Å²) in [6.45, 7) is 1.37. The molecule has 0 bridgehead atoms. The summed E-state index contributed by atoms with van der Waals surface area (Å²) in [6.07, 6.45) is 3.75. The number of para-hydroxylation sites is 1. The smallest absolute Gasteiger partial charge is 0.322 e. The maximum atomic E-state index is 13.3. The van der Waals surface area contributed by atoms with E-state index < -0.39 is 0 Å². The average Bonchev–Trinajstić information content (AvgIpc) is 3.31. The van der Waals surface area contributed by atoms with E-state index in [0.717, 1.165) is 16.6 Å². The number of aliphatic imine (C=N–C) groups is 1. The van der Waals surface area contributed by atoms with Gasteiger partial charge in [-0.1, -0.05) is 48.0 Å². The van der Waals surface area contributed by atoms with Crippen LogP contribution in [0.25, 0.3) is 11.0 Å². The number of anilines is 1. The molecule has 0 aliphatic carbocycles. The fraction of sp³-hybridized carbons (Fsp3) is 0.185. The summed E-state index contributed by atoms with van der Waals surface area (Å²) in [6, 6.07) is 22.2. The van der Waals surface area contributed by atoms with E-state index in [1.165, 1.54) is 0 Å². The van der Waals surface area contributed by atoms with Crippen molar-refractivity contribution in [2.24, 2.45) is 12.0 Å². The van der Waals surface area contributed by atoms with Crippen LogP contribution in [0.5, 0.6) is 0 Å². The Balaban J connectivity index is 1.44. The highest BCUT2D eigenvalue weighted by molar-refractivity contribution is 6.30. The lowest BCUT2D eigenvalue weighted by molar-refractivity contribution is 0.135. The van der Waals surface area contributed by atoms with Crippen LogP contribution in [0.15, 0.2) is 84.1 Å². The first-order valence-electron chi connectivity index (χ1n) is 11.8. The zero-order valence-corrected chi connectivity index (χ0v) is 20.9. The van der Waals surface area contributed by atoms with E-state index in [9.17, 15) is 10.1 Å². The molecule has 1 aromatic heterocycles. The number of benzene rings is 3. The molecule has 0 saturated carbocycles. The molecule has 186 valence electrons. The average molecular weight is 513 g/mol. The molecular formula is C27H25ClN8O. The Morgan fingerprint density at radius 2 is 1.86 bits per heavy atom. The topological polar surface area (TPSA) is 102 Å². The van der Waals surface area contributed by atoms with E-state index in [1.807, 2.05) is 76.1 Å². The van der Waals surface area contributed by atoms with Gasteiger partial charge in [0.25, 0.3) is 0 Å². The fourth-order valence-corrected chi connectivity index (χ4v) is 4.61. The van der Waals surface area contributed by atoms with Crippen LogP contribution in [-0.4, -0.2) is 51.0 Å². The Morgan fingerprint density at radius 1 is 1.08 bits per heavy atom. The lowest BCUT2D eigenvalue weighted by Gasteiger charge is -2.42. The summed E-state index contributed by atoms with van der Waals surface area (Å²) >= 11 is 5.99. The number of guanidine groups is 1. The number of fused-ring (bicyclic) bond motifs is 1. The molecule has 0 spiro atoms. The number of nitrogens with one attached hydrogen (secondary N) is 2. The number of halogens is 1. The highest BCUT2D eigenvalue weighted by Gasteiger charge is 2.33. The van der Waals surface area contributed by atoms with Gasteiger partial charge in [-0.25, -0.2) is 14.8 Å². The standard InChI is InChI=1S/C27H25ClN8O/c1-34-18-31-25-22(8-5-9-23(25)34)33-26(30-17-29)35-14-15-36(24(16-35)19-6-3-2-4-7-19)27(37)32-21-12-10-20(28)11-13-21/h2-13,18,24H,14-16H2,1H3,(H,30,33)(H,32,37). The van der Waals surface area contributed by atoms with Crippen molar-refractivity contribution in [2.75, 3.05) is 25.0 Å². The molecule has 2 N–H and O–H groups in total. The number of urea groups is 1. The molecule has 0 radical (unpaired) electrons. The number of imidazole rings is 1. The number of carbonyl (C=O) groups is 1. The fourth-order valence-electron chi connectivity index (χ4n) is 4.48. The van der Waals surface area contributed by atoms with Gasteiger partial charge in [0, 0.05) is 37.4 Å². The quantitative estimate of drug-likeness (QED) is 0.176. The van der Waals surface area contributed by atoms with Crippen LogP contribution in [0.1, 0.15) is 11.6 Å². The number of hydrogen-bond acceptors (Lipinski definition) is 4. The van der Waals surface area contributed by atoms with Gasteiger partial charge in [-0.3, -0.25) is 5.32 Å². The molecule has 2 amide bonds. The molecular weight excluding hydrogens is 488 g/mol. The molecule has 1 aliphatic heterocycles. The molecule has 1 saturated heterocycles. The van der Waals surface area contributed by atoms with Crippen molar-refractivity contribution in [3.63, 3.8) is 0 Å². The van der Waals surface area contributed by atoms with Crippen LogP contribution in [0.2, 0.25) is 5.02 Å². The molecule has 37 heavy (non-hydrogen) atoms. The van der Waals surface area contributed by atoms with Crippen molar-refractivity contribution in [2.45, 2.75) is 6.04 Å². The second-order valence-electron chi connectivity index (χ2n) is 8.68. The summed E-state index contributed by atoms with van der Waals surface area (Å²) in [7, 11) is 1.93. The van der Waals surface area contributed by atoms with Gasteiger partial charge in [-0.15, -0.1) is 0 Å². The highest BCUT2D eigenvalue weighted by atomic mass is 35.5. The third kappa shape index (κ3) is 5.20. The minimum atomic E-state index is -0.265. The number of nitriles is 1. The Labute approximate surface area is 219 Å². The first kappa shape index (κ1) is 24.2. The molecule has 1 unspecified atom stereocenters. The Kier molecular flexibility index (Phi) is 6.92. The van der Waals surface area contributed by atoms with E-state index >= 15 is 0 Å². The molecule has 5 rings (SSSR count). The second kappa shape index (κ2) is 10.6. The third-order valence-electron chi connectivity index (χ3n) is 6.35. The van der Waals surface area contributed by atoms with Gasteiger partial charge < -0.3 is 19.7 Å². The molecule has 1 fully saturated rings. The van der Waals surface area contributed by atoms with Crippen molar-refractivity contribution in [3.8, 4) is 6.19 Å². The molecule has 9 nitrogen and oxygen atoms in total. The zero-order chi connectivity index (χ0) is 25.8. The van der Waals surface area contributed by atoms with Crippen LogP contribution < -0.4 is 10.6 Å². The van der Waals surface area contributed by atoms with Crippen molar-refractivity contribution in [1.29, 1.82) is 5.26 Å². The second-order valence-corrected chi connectivity index (χ2v) is 9.11. The van der Waals surface area contributed by atoms with E-state index in [4.69, 9.17) is 16.6 Å². The molecule has 2 heterocycles. The van der Waals surface area contributed by atoms with E-state index in [1.54, 1.807) is 30.6 Å². The van der Waals surface area contributed by atoms with E-state index in [2.05, 4.69) is 15.6 Å². The number of hydrogen-bond donors (Lipinski definition) is 2. The lowest BCUT2D eigenvalue weighted by atomic mass is 10.0. The maximum Gasteiger partial charge on any atom is 0.322 e. The van der Waals surface area contributed by atoms with Crippen LogP contribution in [-0.2, 0) is 7.05 Å². The van der Waals surface area contributed by atoms with Gasteiger partial charge in [-0.2, -0.15) is 5.26 Å². The van der Waals surface area contributed by atoms with E-state index in [0.29, 0.717) is 42.0 Å². The SMILES string of the molecule is Cn1cnc2c(N=C(NC#N)N3CCN(C(=O)Nc4ccc(Cl)cc4)C(c4ccccc4)C3)cccc21. The number of aromatic nitrogens is 2. The number of piperazine rings is 1. The highest BCUT2D eigenvalue weighted by Crippen LogP contribution is 2.29. The van der Waals surface area contributed by atoms with Crippen LogP contribution in [0.3, 0.4) is 0 Å². The van der Waals surface area contributed by atoms with Crippen LogP contribution in [0, 0.1) is 11.5 Å². The number of rotatable bonds is 3. The number of carbonyl (C=O) groups excluding carboxylic acids is 1. The summed E-state index contributed by atoms with van der Waals surface area (Å²) in [5.74, 6) is 0.416. The summed E-state index contributed by atoms with van der Waals surface area (Å²) in [4.78, 5) is 26.4. The number of nitrogens with zero attached hydrogens (tertiary/aromatic N) is 6. The minimum Gasteiger partial charge on any atom is -0.338 e. The van der Waals surface area contributed by atoms with E-state index in [-0.39, 0.29) is 12.1 Å². The number of aryl methyl sites for hydroxylation is 1. The van der Waals surface area contributed by atoms with Gasteiger partial charge in [0.1, 0.15) is 5.52 Å². The van der Waals surface area contributed by atoms with Gasteiger partial charge in [-0.05, 0) is 42.0 Å². The van der Waals surface area contributed by atoms with Gasteiger partial charge in [0.15, 0.2) is 6.19 Å². The lowest BCUT2D eigenvalue weighted by Crippen LogP contribution is -2.55. The van der Waals surface area contributed by atoms with Crippen molar-refractivity contribution in [1.82, 2.24) is 24.7 Å². The predicted molar refractivity (Wildman–Crippen MR) is 144 cm³/mol. The van der Waals surface area contributed by atoms with Crippen molar-refractivity contribution >= 4 is 46.0 Å². The van der Waals surface area contributed by atoms with Gasteiger partial charge >= 0.3 is 6.03 Å². The van der Waals surface area contributed by atoms with Crippen LogP contribution in [0.4, 0.5) is 16.2 Å². The Bertz CT molecular complexity index is 1480. The Morgan fingerprint density at radius 3 is 2.62 bits per heavy atom. The predicted octanol–water partition coefficient (Wildman–Crippen LogP) is 4.88. The molecule has 4 aromatic rings. The minimum absolute atomic E-state index is 0.208. The first-order chi connectivity index (χ1) is 18.0. The molecule has 1 aliphatic rings. The van der Waals surface area contributed by atoms with Crippen LogP contribution >= 0.6 is 11.6 Å². The van der Waals surface area contributed by atoms with Gasteiger partial charge in [0.05, 0.1) is 23.6 Å². The first-order valence-corrected chi connectivity index (χ1v) is 12.2. The molecule has 10 heteroatoms. The van der Waals surface area contributed by atoms with Crippen molar-refractivity contribution < 1.29 is 4.79 Å². The zero-order valence-electron chi connectivity index (χ0n) is 20.2. The third-order valence-corrected chi connectivity index (χ3v) is 6.60. The summed E-state index contributed by atoms with van der Waals surface area (Å²) < 4.78 is 1.93. The van der Waals surface area contributed by atoms with Gasteiger partial charge in [0.2, 0.25) is 5.96 Å². The van der Waals surface area contributed by atoms with Crippen molar-refractivity contribution in [3.05, 3.63) is 89.7 Å². The Hall–Kier alpha value is -4.55. The normalized spacial score (nSPS) is 15.9. The largest absolute Gasteiger partial charge is 0.338 e. The monoisotopic (exact) mass is 512 g/mol. The number of amides is 2. The maximum absolute atomic E-state index is 13.3. The molecule has 1 atom stereocenters. The summed E-state index contributed by atoms with van der Waals surface area (Å²) in [5, 5.41) is 15.8.